The maximum Gasteiger partial charge on any atom is 0.174 e. The first kappa shape index (κ1) is 20.3. The van der Waals surface area contributed by atoms with Gasteiger partial charge in [-0.3, -0.25) is 4.98 Å². The van der Waals surface area contributed by atoms with Gasteiger partial charge in [0.25, 0.3) is 0 Å². The number of rotatable bonds is 6. The average Bonchev–Trinajstić information content (AvgIpc) is 3.46. The normalized spacial score (nSPS) is 17.9. The Bertz CT molecular complexity index is 1190. The van der Waals surface area contributed by atoms with Crippen LogP contribution in [0.1, 0.15) is 30.3 Å². The molecule has 4 aromatic rings. The highest BCUT2D eigenvalue weighted by molar-refractivity contribution is 7.80. The number of anilines is 1. The van der Waals surface area contributed by atoms with Gasteiger partial charge in [-0.1, -0.05) is 24.3 Å². The average molecular weight is 441 g/mol. The van der Waals surface area contributed by atoms with Crippen molar-refractivity contribution in [2.24, 2.45) is 0 Å². The molecule has 0 saturated carbocycles. The highest BCUT2D eigenvalue weighted by atomic mass is 32.1. The zero-order valence-corrected chi connectivity index (χ0v) is 18.6. The molecule has 32 heavy (non-hydrogen) atoms. The lowest BCUT2D eigenvalue weighted by atomic mass is 9.98. The standard InChI is InChI=1S/C26H24N4OS/c1-2-31-22-13-11-21(12-14-22)30-25(24(28-26(30)32)23-10-6-7-16-27-23)19-15-17-29(18-19)20-8-4-3-5-9-20/h3-18,24-25H,2H2,1H3,(H,28,32)/t24-,25-/m0/s1. The van der Waals surface area contributed by atoms with E-state index in [1.165, 1.54) is 0 Å². The van der Waals surface area contributed by atoms with Crippen molar-refractivity contribution in [3.63, 3.8) is 0 Å². The monoisotopic (exact) mass is 440 g/mol. The number of aromatic nitrogens is 2. The molecule has 5 rings (SSSR count). The quantitative estimate of drug-likeness (QED) is 0.404. The Kier molecular flexibility index (Phi) is 5.60. The summed E-state index contributed by atoms with van der Waals surface area (Å²) in [7, 11) is 0. The van der Waals surface area contributed by atoms with Crippen LogP contribution in [-0.2, 0) is 0 Å². The van der Waals surface area contributed by atoms with E-state index in [-0.39, 0.29) is 12.1 Å². The van der Waals surface area contributed by atoms with Crippen molar-refractivity contribution in [3.05, 3.63) is 109 Å². The summed E-state index contributed by atoms with van der Waals surface area (Å²) in [5, 5.41) is 4.19. The van der Waals surface area contributed by atoms with Crippen LogP contribution in [0.15, 0.2) is 97.5 Å². The molecule has 1 N–H and O–H groups in total. The highest BCUT2D eigenvalue weighted by Gasteiger charge is 2.41. The van der Waals surface area contributed by atoms with Gasteiger partial charge in [-0.25, -0.2) is 0 Å². The van der Waals surface area contributed by atoms with Crippen LogP contribution in [0.2, 0.25) is 0 Å². The van der Waals surface area contributed by atoms with Crippen molar-refractivity contribution in [2.75, 3.05) is 11.5 Å². The van der Waals surface area contributed by atoms with Crippen molar-refractivity contribution >= 4 is 23.0 Å². The van der Waals surface area contributed by atoms with E-state index >= 15 is 0 Å². The summed E-state index contributed by atoms with van der Waals surface area (Å²) in [6.45, 7) is 2.62. The third kappa shape index (κ3) is 3.85. The van der Waals surface area contributed by atoms with Crippen LogP contribution in [-0.4, -0.2) is 21.3 Å². The maximum absolute atomic E-state index is 5.81. The molecule has 2 aromatic carbocycles. The lowest BCUT2D eigenvalue weighted by Gasteiger charge is -2.27. The molecule has 160 valence electrons. The van der Waals surface area contributed by atoms with Crippen molar-refractivity contribution < 1.29 is 4.74 Å². The fourth-order valence-electron chi connectivity index (χ4n) is 4.19. The molecule has 0 spiro atoms. The Labute approximate surface area is 193 Å². The van der Waals surface area contributed by atoms with Crippen LogP contribution in [0.3, 0.4) is 0 Å². The number of pyridine rings is 1. The van der Waals surface area contributed by atoms with Crippen molar-refractivity contribution in [2.45, 2.75) is 19.0 Å². The minimum atomic E-state index is -0.0677. The molecule has 5 nitrogen and oxygen atoms in total. The van der Waals surface area contributed by atoms with Crippen LogP contribution in [0, 0.1) is 0 Å². The number of nitrogens with zero attached hydrogens (tertiary/aromatic N) is 3. The summed E-state index contributed by atoms with van der Waals surface area (Å²) in [5.41, 5.74) is 4.25. The third-order valence-electron chi connectivity index (χ3n) is 5.64. The molecule has 3 heterocycles. The van der Waals surface area contributed by atoms with Gasteiger partial charge in [-0.2, -0.15) is 0 Å². The summed E-state index contributed by atoms with van der Waals surface area (Å²) in [5.74, 6) is 0.849. The van der Waals surface area contributed by atoms with E-state index in [9.17, 15) is 0 Å². The van der Waals surface area contributed by atoms with E-state index in [2.05, 4.69) is 62.5 Å². The van der Waals surface area contributed by atoms with Gasteiger partial charge in [0.15, 0.2) is 5.11 Å². The first-order chi connectivity index (χ1) is 15.7. The highest BCUT2D eigenvalue weighted by Crippen LogP contribution is 2.42. The van der Waals surface area contributed by atoms with Gasteiger partial charge in [0.2, 0.25) is 0 Å². The Morgan fingerprint density at radius 2 is 1.72 bits per heavy atom. The predicted octanol–water partition coefficient (Wildman–Crippen LogP) is 5.45. The fourth-order valence-corrected chi connectivity index (χ4v) is 4.54. The van der Waals surface area contributed by atoms with Crippen LogP contribution in [0.4, 0.5) is 5.69 Å². The molecule has 0 radical (unpaired) electrons. The number of nitrogens with one attached hydrogen (secondary N) is 1. The number of thiocarbonyl (C=S) groups is 1. The summed E-state index contributed by atoms with van der Waals surface area (Å²) < 4.78 is 7.77. The summed E-state index contributed by atoms with van der Waals surface area (Å²) in [6, 6.07) is 26.4. The molecule has 1 aliphatic heterocycles. The second-order valence-corrected chi connectivity index (χ2v) is 8.00. The van der Waals surface area contributed by atoms with Crippen molar-refractivity contribution in [1.82, 2.24) is 14.9 Å². The second-order valence-electron chi connectivity index (χ2n) is 7.61. The number of hydrogen-bond acceptors (Lipinski definition) is 3. The van der Waals surface area contributed by atoms with Gasteiger partial charge in [-0.05, 0) is 79.3 Å². The van der Waals surface area contributed by atoms with Crippen molar-refractivity contribution in [3.8, 4) is 11.4 Å². The van der Waals surface area contributed by atoms with Crippen LogP contribution in [0.5, 0.6) is 5.75 Å². The van der Waals surface area contributed by atoms with E-state index in [1.807, 2.05) is 61.7 Å². The Morgan fingerprint density at radius 1 is 0.938 bits per heavy atom. The zero-order chi connectivity index (χ0) is 21.9. The minimum absolute atomic E-state index is 0.0414. The molecule has 0 bridgehead atoms. The molecule has 1 fully saturated rings. The summed E-state index contributed by atoms with van der Waals surface area (Å²) in [4.78, 5) is 6.80. The van der Waals surface area contributed by atoms with Crippen LogP contribution < -0.4 is 15.0 Å². The zero-order valence-electron chi connectivity index (χ0n) is 17.8. The van der Waals surface area contributed by atoms with E-state index in [0.29, 0.717) is 11.7 Å². The van der Waals surface area contributed by atoms with Crippen molar-refractivity contribution in [1.29, 1.82) is 0 Å². The van der Waals surface area contributed by atoms with Gasteiger partial charge in [0.05, 0.1) is 24.4 Å². The first-order valence-corrected chi connectivity index (χ1v) is 11.1. The first-order valence-electron chi connectivity index (χ1n) is 10.7. The molecular weight excluding hydrogens is 416 g/mol. The minimum Gasteiger partial charge on any atom is -0.494 e. The van der Waals surface area contributed by atoms with E-state index in [4.69, 9.17) is 17.0 Å². The molecule has 0 unspecified atom stereocenters. The molecule has 1 saturated heterocycles. The largest absolute Gasteiger partial charge is 0.494 e. The topological polar surface area (TPSA) is 42.3 Å². The number of benzene rings is 2. The Hall–Kier alpha value is -3.64. The molecule has 6 heteroatoms. The lowest BCUT2D eigenvalue weighted by Crippen LogP contribution is -2.29. The van der Waals surface area contributed by atoms with Gasteiger partial charge in [0, 0.05) is 30.0 Å². The molecule has 0 aliphatic carbocycles. The van der Waals surface area contributed by atoms with Gasteiger partial charge in [-0.15, -0.1) is 0 Å². The van der Waals surface area contributed by atoms with Gasteiger partial charge >= 0.3 is 0 Å². The van der Waals surface area contributed by atoms with Gasteiger partial charge < -0.3 is 19.5 Å². The maximum atomic E-state index is 5.81. The predicted molar refractivity (Wildman–Crippen MR) is 131 cm³/mol. The fraction of sp³-hybridized carbons (Fsp3) is 0.154. The summed E-state index contributed by atoms with van der Waals surface area (Å²) >= 11 is 5.81. The Balaban J connectivity index is 1.56. The smallest absolute Gasteiger partial charge is 0.174 e. The van der Waals surface area contributed by atoms with E-state index in [1.54, 1.807) is 0 Å². The number of para-hydroxylation sites is 1. The second kappa shape index (κ2) is 8.85. The van der Waals surface area contributed by atoms with Gasteiger partial charge in [0.1, 0.15) is 5.75 Å². The molecule has 1 aliphatic rings. The number of ether oxygens (including phenoxy) is 1. The molecule has 2 atom stereocenters. The van der Waals surface area contributed by atoms with Crippen LogP contribution in [0.25, 0.3) is 5.69 Å². The summed E-state index contributed by atoms with van der Waals surface area (Å²) in [6.07, 6.45) is 6.09. The lowest BCUT2D eigenvalue weighted by molar-refractivity contribution is 0.340. The third-order valence-corrected chi connectivity index (χ3v) is 5.95. The van der Waals surface area contributed by atoms with E-state index < -0.39 is 0 Å². The molecule has 0 amide bonds. The van der Waals surface area contributed by atoms with E-state index in [0.717, 1.165) is 28.4 Å². The van der Waals surface area contributed by atoms with Crippen LogP contribution >= 0.6 is 12.2 Å². The molecule has 2 aromatic heterocycles. The SMILES string of the molecule is CCOc1ccc(N2C(=S)N[C@@H](c3ccccn3)[C@@H]2c2ccn(-c3ccccc3)c2)cc1. The Morgan fingerprint density at radius 3 is 2.44 bits per heavy atom. The molecular formula is C26H24N4OS. The number of hydrogen-bond donors (Lipinski definition) is 1.